The normalized spacial score (nSPS) is 19.3. The van der Waals surface area contributed by atoms with Crippen LogP contribution in [0.25, 0.3) is 0 Å². The van der Waals surface area contributed by atoms with Crippen LogP contribution in [0.3, 0.4) is 0 Å². The van der Waals surface area contributed by atoms with Crippen LogP contribution in [-0.2, 0) is 26.2 Å². The van der Waals surface area contributed by atoms with Crippen molar-refractivity contribution >= 4 is 36.4 Å². The molecule has 37 heavy (non-hydrogen) atoms. The average Bonchev–Trinajstić information content (AvgIpc) is 3.37. The number of benzene rings is 2. The Morgan fingerprint density at radius 3 is 1.65 bits per heavy atom. The standard InChI is InChI=1S/C17H30N2S2Si.2C6H6O.Zr/c1-12-13(2)15(22(5,6)7)17(4,14(12)3)21-16(20)18-19-10-8-9-11-19;2*7-6-4-2-1-3-5-6;/h8-11H2,1-7H3,(H,18,20);2*1-5,7H;. The third-order valence-corrected chi connectivity index (χ3v) is 10.7. The number of thioether (sulfide) groups is 1. The zero-order chi connectivity index (χ0) is 26.9. The molecule has 8 heteroatoms. The number of phenols is 2. The van der Waals surface area contributed by atoms with Crippen LogP contribution in [0.5, 0.6) is 11.5 Å². The van der Waals surface area contributed by atoms with Gasteiger partial charge in [0.1, 0.15) is 15.8 Å². The van der Waals surface area contributed by atoms with E-state index < -0.39 is 8.07 Å². The van der Waals surface area contributed by atoms with Gasteiger partial charge in [-0.3, -0.25) is 0 Å². The Morgan fingerprint density at radius 1 is 0.865 bits per heavy atom. The van der Waals surface area contributed by atoms with E-state index in [1.54, 1.807) is 53.7 Å². The summed E-state index contributed by atoms with van der Waals surface area (Å²) in [4.78, 5) is 0. The van der Waals surface area contributed by atoms with E-state index in [9.17, 15) is 0 Å². The zero-order valence-electron chi connectivity index (χ0n) is 23.3. The first-order chi connectivity index (χ1) is 16.9. The Bertz CT molecular complexity index is 1030. The predicted molar refractivity (Wildman–Crippen MR) is 163 cm³/mol. The summed E-state index contributed by atoms with van der Waals surface area (Å²) in [6.45, 7) is 18.8. The van der Waals surface area contributed by atoms with Crippen molar-refractivity contribution < 1.29 is 36.4 Å². The van der Waals surface area contributed by atoms with Gasteiger partial charge in [0.2, 0.25) is 0 Å². The molecule has 0 radical (unpaired) electrons. The van der Waals surface area contributed by atoms with E-state index in [2.05, 4.69) is 57.8 Å². The topological polar surface area (TPSA) is 55.7 Å². The molecule has 2 aromatic rings. The minimum absolute atomic E-state index is 0. The summed E-state index contributed by atoms with van der Waals surface area (Å²) in [5.74, 6) is 0.644. The molecule has 0 amide bonds. The predicted octanol–water partition coefficient (Wildman–Crippen LogP) is 7.69. The number of hydrazine groups is 1. The van der Waals surface area contributed by atoms with Crippen molar-refractivity contribution in [3.63, 3.8) is 0 Å². The second kappa shape index (κ2) is 15.4. The van der Waals surface area contributed by atoms with Gasteiger partial charge in [0.15, 0.2) is 0 Å². The number of nitrogens with one attached hydrogen (secondary N) is 1. The number of aromatic hydroxyl groups is 2. The Kier molecular flexibility index (Phi) is 14.1. The third kappa shape index (κ3) is 10.1. The van der Waals surface area contributed by atoms with Crippen LogP contribution in [0.15, 0.2) is 82.6 Å². The van der Waals surface area contributed by atoms with Gasteiger partial charge in [-0.05, 0) is 70.4 Å². The van der Waals surface area contributed by atoms with Crippen molar-refractivity contribution in [3.05, 3.63) is 82.6 Å². The van der Waals surface area contributed by atoms with Crippen LogP contribution in [0, 0.1) is 0 Å². The minimum atomic E-state index is -1.40. The molecule has 2 aliphatic rings. The number of hydrogen-bond donors (Lipinski definition) is 3. The van der Waals surface area contributed by atoms with E-state index in [0.29, 0.717) is 11.5 Å². The summed E-state index contributed by atoms with van der Waals surface area (Å²) in [5.41, 5.74) is 7.91. The SMILES string of the molecule is CC1=C(C)C(C)(SC(=S)NN2CCCC2)C([Si](C)(C)C)=C1C.Oc1ccccc1.Oc1ccccc1.[Zr]. The molecule has 1 unspecified atom stereocenters. The molecular formula is C29H42N2O2S2SiZr. The Balaban J connectivity index is 0.000000370. The van der Waals surface area contributed by atoms with Gasteiger partial charge in [-0.1, -0.05) is 96.4 Å². The van der Waals surface area contributed by atoms with Crippen molar-refractivity contribution in [1.29, 1.82) is 0 Å². The molecule has 1 heterocycles. The fourth-order valence-corrected chi connectivity index (χ4v) is 10.5. The van der Waals surface area contributed by atoms with Gasteiger partial charge < -0.3 is 15.6 Å². The molecule has 1 fully saturated rings. The number of rotatable bonds is 3. The third-order valence-electron chi connectivity index (χ3n) is 6.61. The first-order valence-electron chi connectivity index (χ1n) is 12.5. The van der Waals surface area contributed by atoms with E-state index >= 15 is 0 Å². The van der Waals surface area contributed by atoms with Gasteiger partial charge in [-0.25, -0.2) is 5.01 Å². The molecule has 200 valence electrons. The van der Waals surface area contributed by atoms with Crippen LogP contribution < -0.4 is 5.43 Å². The Labute approximate surface area is 253 Å². The molecule has 0 aromatic heterocycles. The molecule has 0 spiro atoms. The number of para-hydroxylation sites is 2. The number of nitrogens with zero attached hydrogens (tertiary/aromatic N) is 1. The molecule has 4 nitrogen and oxygen atoms in total. The van der Waals surface area contributed by atoms with Crippen LogP contribution in [0.4, 0.5) is 0 Å². The number of allylic oxidation sites excluding steroid dienone is 2. The molecular weight excluding hydrogens is 592 g/mol. The van der Waals surface area contributed by atoms with Gasteiger partial charge in [0, 0.05) is 39.3 Å². The second-order valence-electron chi connectivity index (χ2n) is 10.4. The molecule has 2 aromatic carbocycles. The summed E-state index contributed by atoms with van der Waals surface area (Å²) < 4.78 is 0.949. The van der Waals surface area contributed by atoms with Gasteiger partial charge >= 0.3 is 0 Å². The molecule has 1 aliphatic carbocycles. The monoisotopic (exact) mass is 632 g/mol. The number of phenolic OH excluding ortho intramolecular Hbond substituents is 2. The Hall–Kier alpha value is -1.18. The van der Waals surface area contributed by atoms with Crippen LogP contribution in [-0.4, -0.2) is 45.5 Å². The Morgan fingerprint density at radius 2 is 1.30 bits per heavy atom. The van der Waals surface area contributed by atoms with Crippen molar-refractivity contribution in [3.8, 4) is 11.5 Å². The molecule has 4 rings (SSSR count). The second-order valence-corrected chi connectivity index (χ2v) is 17.5. The summed E-state index contributed by atoms with van der Waals surface area (Å²) in [6, 6.07) is 17.4. The molecule has 1 atom stereocenters. The smallest absolute Gasteiger partial charge is 0.149 e. The van der Waals surface area contributed by atoms with Crippen molar-refractivity contribution in [2.75, 3.05) is 13.1 Å². The first kappa shape index (κ1) is 33.8. The van der Waals surface area contributed by atoms with Gasteiger partial charge in [-0.15, -0.1) is 0 Å². The molecule has 1 saturated heterocycles. The van der Waals surface area contributed by atoms with E-state index in [0.717, 1.165) is 17.4 Å². The molecule has 3 N–H and O–H groups in total. The summed E-state index contributed by atoms with van der Waals surface area (Å²) >= 11 is 7.53. The maximum atomic E-state index is 8.63. The van der Waals surface area contributed by atoms with E-state index in [4.69, 9.17) is 22.4 Å². The fourth-order valence-electron chi connectivity index (χ4n) is 4.80. The van der Waals surface area contributed by atoms with Gasteiger partial charge in [-0.2, -0.15) is 0 Å². The minimum Gasteiger partial charge on any atom is -0.508 e. The first-order valence-corrected chi connectivity index (χ1v) is 17.2. The zero-order valence-corrected chi connectivity index (χ0v) is 28.4. The quantitative estimate of drug-likeness (QED) is 0.238. The van der Waals surface area contributed by atoms with Crippen LogP contribution in [0.1, 0.15) is 40.5 Å². The molecule has 1 aliphatic heterocycles. The van der Waals surface area contributed by atoms with Crippen molar-refractivity contribution in [1.82, 2.24) is 10.4 Å². The maximum Gasteiger partial charge on any atom is 0.149 e. The number of hydrogen-bond acceptors (Lipinski definition) is 5. The van der Waals surface area contributed by atoms with E-state index in [-0.39, 0.29) is 31.0 Å². The maximum absolute atomic E-state index is 8.63. The summed E-state index contributed by atoms with van der Waals surface area (Å²) in [7, 11) is -1.40. The fraction of sp³-hybridized carbons (Fsp3) is 0.414. The van der Waals surface area contributed by atoms with Gasteiger partial charge in [0.05, 0.1) is 12.8 Å². The molecule has 0 bridgehead atoms. The van der Waals surface area contributed by atoms with E-state index in [1.807, 2.05) is 23.9 Å². The van der Waals surface area contributed by atoms with Crippen molar-refractivity contribution in [2.45, 2.75) is 64.9 Å². The average molecular weight is 634 g/mol. The summed E-state index contributed by atoms with van der Waals surface area (Å²) in [6.07, 6.45) is 2.55. The largest absolute Gasteiger partial charge is 0.508 e. The van der Waals surface area contributed by atoms with Crippen molar-refractivity contribution in [2.24, 2.45) is 0 Å². The van der Waals surface area contributed by atoms with Crippen LogP contribution >= 0.6 is 24.0 Å². The van der Waals surface area contributed by atoms with Crippen LogP contribution in [0.2, 0.25) is 19.6 Å². The summed E-state index contributed by atoms with van der Waals surface area (Å²) in [5, 5.41) is 21.2. The molecule has 0 saturated carbocycles. The van der Waals surface area contributed by atoms with Gasteiger partial charge in [0.25, 0.3) is 0 Å². The number of thiocarbonyl (C=S) groups is 1. The van der Waals surface area contributed by atoms with E-state index in [1.165, 1.54) is 29.6 Å².